The molecule has 4 saturated heterocycles. The molecule has 0 saturated carbocycles. The van der Waals surface area contributed by atoms with E-state index in [1.54, 1.807) is 0 Å². The molecule has 0 aromatic carbocycles. The monoisotopic (exact) mass is 280 g/mol. The first-order chi connectivity index (χ1) is 9.65. The maximum absolute atomic E-state index is 12.2. The van der Waals surface area contributed by atoms with Crippen molar-refractivity contribution in [3.8, 4) is 0 Å². The van der Waals surface area contributed by atoms with Gasteiger partial charge in [0.05, 0.1) is 12.2 Å². The maximum Gasteiger partial charge on any atom is 0.222 e. The van der Waals surface area contributed by atoms with Gasteiger partial charge in [0.2, 0.25) is 5.91 Å². The van der Waals surface area contributed by atoms with E-state index in [9.17, 15) is 15.0 Å². The van der Waals surface area contributed by atoms with Gasteiger partial charge < -0.3 is 15.1 Å². The van der Waals surface area contributed by atoms with Gasteiger partial charge in [-0.15, -0.1) is 0 Å². The minimum atomic E-state index is -0.298. The summed E-state index contributed by atoms with van der Waals surface area (Å²) in [7, 11) is 0. The first-order valence-electron chi connectivity index (χ1n) is 8.05. The van der Waals surface area contributed by atoms with Crippen LogP contribution in [0.2, 0.25) is 0 Å². The summed E-state index contributed by atoms with van der Waals surface area (Å²) in [6.45, 7) is 2.52. The lowest BCUT2D eigenvalue weighted by Gasteiger charge is -2.59. The Hall–Kier alpha value is -0.650. The second-order valence-corrected chi connectivity index (χ2v) is 7.06. The molecule has 4 aliphatic heterocycles. The molecule has 0 aromatic heterocycles. The number of aliphatic hydroxyl groups is 2. The van der Waals surface area contributed by atoms with Gasteiger partial charge in [0.1, 0.15) is 0 Å². The first kappa shape index (κ1) is 13.0. The minimum absolute atomic E-state index is 0.127. The summed E-state index contributed by atoms with van der Waals surface area (Å²) < 4.78 is 0. The summed E-state index contributed by atoms with van der Waals surface area (Å²) in [5.74, 6) is 0.611. The normalized spacial score (nSPS) is 48.7. The number of carbonyl (C=O) groups is 1. The molecule has 4 fully saturated rings. The van der Waals surface area contributed by atoms with E-state index in [1.807, 2.05) is 4.90 Å². The third-order valence-corrected chi connectivity index (χ3v) is 6.06. The lowest BCUT2D eigenvalue weighted by Crippen LogP contribution is -2.70. The van der Waals surface area contributed by atoms with Crippen LogP contribution < -0.4 is 0 Å². The van der Waals surface area contributed by atoms with Crippen molar-refractivity contribution in [1.82, 2.24) is 9.80 Å². The van der Waals surface area contributed by atoms with Gasteiger partial charge in [-0.2, -0.15) is 0 Å². The zero-order valence-corrected chi connectivity index (χ0v) is 11.8. The number of hydrogen-bond acceptors (Lipinski definition) is 4. The standard InChI is InChI=1S/C15H24N2O3/c18-9-4-5-16-7-10-12-2-1-3-14(19)17(12)8-11(15(10)20)13(16)6-9/h9-13,15,18,20H,1-8H2. The highest BCUT2D eigenvalue weighted by molar-refractivity contribution is 5.77. The second kappa shape index (κ2) is 4.68. The van der Waals surface area contributed by atoms with Crippen LogP contribution in [0.25, 0.3) is 0 Å². The van der Waals surface area contributed by atoms with E-state index in [0.717, 1.165) is 38.8 Å². The predicted octanol–water partition coefficient (Wildman–Crippen LogP) is -0.187. The van der Waals surface area contributed by atoms with Crippen LogP contribution in [0, 0.1) is 11.8 Å². The van der Waals surface area contributed by atoms with E-state index in [1.165, 1.54) is 0 Å². The number of piperidine rings is 4. The Kier molecular flexibility index (Phi) is 3.05. The Morgan fingerprint density at radius 3 is 2.70 bits per heavy atom. The fraction of sp³-hybridized carbons (Fsp3) is 0.933. The number of rotatable bonds is 0. The van der Waals surface area contributed by atoms with Crippen molar-refractivity contribution >= 4 is 5.91 Å². The Bertz CT molecular complexity index is 416. The van der Waals surface area contributed by atoms with E-state index in [2.05, 4.69) is 4.90 Å². The molecular formula is C15H24N2O3. The molecule has 0 aromatic rings. The fourth-order valence-electron chi connectivity index (χ4n) is 5.06. The summed E-state index contributed by atoms with van der Waals surface area (Å²) in [5, 5.41) is 20.6. The van der Waals surface area contributed by atoms with Crippen molar-refractivity contribution in [2.45, 2.75) is 56.4 Å². The van der Waals surface area contributed by atoms with Gasteiger partial charge in [0, 0.05) is 50.0 Å². The van der Waals surface area contributed by atoms with Crippen molar-refractivity contribution in [3.63, 3.8) is 0 Å². The van der Waals surface area contributed by atoms with Crippen molar-refractivity contribution in [2.24, 2.45) is 11.8 Å². The Morgan fingerprint density at radius 2 is 1.85 bits per heavy atom. The highest BCUT2D eigenvalue weighted by Crippen LogP contribution is 2.43. The van der Waals surface area contributed by atoms with Gasteiger partial charge in [-0.3, -0.25) is 9.69 Å². The predicted molar refractivity (Wildman–Crippen MR) is 72.9 cm³/mol. The highest BCUT2D eigenvalue weighted by atomic mass is 16.3. The fourth-order valence-corrected chi connectivity index (χ4v) is 5.06. The Morgan fingerprint density at radius 1 is 1.05 bits per heavy atom. The van der Waals surface area contributed by atoms with E-state index in [-0.39, 0.29) is 42.0 Å². The molecule has 4 heterocycles. The van der Waals surface area contributed by atoms with Gasteiger partial charge in [-0.25, -0.2) is 0 Å². The van der Waals surface area contributed by atoms with Crippen LogP contribution in [-0.4, -0.2) is 69.8 Å². The second-order valence-electron chi connectivity index (χ2n) is 7.06. The van der Waals surface area contributed by atoms with Crippen molar-refractivity contribution in [2.75, 3.05) is 19.6 Å². The van der Waals surface area contributed by atoms with Crippen LogP contribution in [0.4, 0.5) is 0 Å². The molecule has 6 atom stereocenters. The van der Waals surface area contributed by atoms with Crippen LogP contribution in [0.3, 0.4) is 0 Å². The van der Waals surface area contributed by atoms with E-state index in [4.69, 9.17) is 0 Å². The summed E-state index contributed by atoms with van der Waals surface area (Å²) in [5.41, 5.74) is 0. The molecule has 0 spiro atoms. The van der Waals surface area contributed by atoms with E-state index in [0.29, 0.717) is 13.0 Å². The van der Waals surface area contributed by atoms with Gasteiger partial charge in [-0.1, -0.05) is 0 Å². The van der Waals surface area contributed by atoms with Crippen molar-refractivity contribution in [3.05, 3.63) is 0 Å². The van der Waals surface area contributed by atoms with Crippen LogP contribution in [-0.2, 0) is 4.79 Å². The largest absolute Gasteiger partial charge is 0.393 e. The minimum Gasteiger partial charge on any atom is -0.393 e. The van der Waals surface area contributed by atoms with Gasteiger partial charge >= 0.3 is 0 Å². The molecule has 4 aliphatic rings. The molecule has 4 rings (SSSR count). The number of amides is 1. The number of fused-ring (bicyclic) bond motifs is 6. The molecular weight excluding hydrogens is 256 g/mol. The molecule has 5 nitrogen and oxygen atoms in total. The van der Waals surface area contributed by atoms with Gasteiger partial charge in [0.25, 0.3) is 0 Å². The highest BCUT2D eigenvalue weighted by Gasteiger charge is 2.53. The third-order valence-electron chi connectivity index (χ3n) is 6.06. The summed E-state index contributed by atoms with van der Waals surface area (Å²) in [4.78, 5) is 16.7. The third kappa shape index (κ3) is 1.83. The summed E-state index contributed by atoms with van der Waals surface area (Å²) in [6.07, 6.45) is 3.74. The average Bonchev–Trinajstić information content (AvgIpc) is 2.42. The van der Waals surface area contributed by atoms with Gasteiger partial charge in [0.15, 0.2) is 0 Å². The molecule has 0 radical (unpaired) electrons. The van der Waals surface area contributed by atoms with Crippen LogP contribution in [0.5, 0.6) is 0 Å². The molecule has 5 heteroatoms. The quantitative estimate of drug-likeness (QED) is 0.646. The zero-order valence-electron chi connectivity index (χ0n) is 11.8. The van der Waals surface area contributed by atoms with Crippen molar-refractivity contribution in [1.29, 1.82) is 0 Å². The molecule has 6 unspecified atom stereocenters. The van der Waals surface area contributed by atoms with Crippen LogP contribution >= 0.6 is 0 Å². The van der Waals surface area contributed by atoms with Crippen LogP contribution in [0.1, 0.15) is 32.1 Å². The van der Waals surface area contributed by atoms with Crippen molar-refractivity contribution < 1.29 is 15.0 Å². The molecule has 1 amide bonds. The first-order valence-corrected chi connectivity index (χ1v) is 8.05. The maximum atomic E-state index is 12.2. The van der Waals surface area contributed by atoms with Gasteiger partial charge in [-0.05, 0) is 25.7 Å². The van der Waals surface area contributed by atoms with E-state index >= 15 is 0 Å². The molecule has 0 aliphatic carbocycles. The van der Waals surface area contributed by atoms with Crippen LogP contribution in [0.15, 0.2) is 0 Å². The Labute approximate surface area is 119 Å². The summed E-state index contributed by atoms with van der Waals surface area (Å²) >= 11 is 0. The lowest BCUT2D eigenvalue weighted by molar-refractivity contribution is -0.172. The van der Waals surface area contributed by atoms with E-state index < -0.39 is 0 Å². The molecule has 2 N–H and O–H groups in total. The number of nitrogens with zero attached hydrogens (tertiary/aromatic N) is 2. The zero-order chi connectivity index (χ0) is 13.9. The lowest BCUT2D eigenvalue weighted by atomic mass is 9.68. The SMILES string of the molecule is O=C1CCCC2C3CN4CCC(O)CC4C(CN12)C3O. The molecule has 2 bridgehead atoms. The molecule has 20 heavy (non-hydrogen) atoms. The molecule has 112 valence electrons. The average molecular weight is 280 g/mol. The number of carbonyl (C=O) groups excluding carboxylic acids is 1. The Balaban J connectivity index is 1.63. The topological polar surface area (TPSA) is 64.0 Å². The smallest absolute Gasteiger partial charge is 0.222 e. The summed E-state index contributed by atoms with van der Waals surface area (Å²) in [6, 6.07) is 0.496. The number of aliphatic hydroxyl groups excluding tert-OH is 2. The number of hydrogen-bond donors (Lipinski definition) is 2.